The molecule has 1 aromatic rings. The van der Waals surface area contributed by atoms with Crippen LogP contribution >= 0.6 is 11.6 Å². The van der Waals surface area contributed by atoms with Gasteiger partial charge in [0.05, 0.1) is 19.1 Å². The molecule has 0 aromatic heterocycles. The fourth-order valence-electron chi connectivity index (χ4n) is 2.66. The number of hydrogen-bond acceptors (Lipinski definition) is 4. The molecule has 120 valence electrons. The summed E-state index contributed by atoms with van der Waals surface area (Å²) in [7, 11) is 3.40. The molecule has 6 heteroatoms. The number of esters is 1. The maximum absolute atomic E-state index is 12.5. The minimum atomic E-state index is -0.545. The molecule has 1 saturated heterocycles. The van der Waals surface area contributed by atoms with Crippen molar-refractivity contribution in [2.75, 3.05) is 27.2 Å². The highest BCUT2D eigenvalue weighted by Crippen LogP contribution is 2.26. The van der Waals surface area contributed by atoms with Crippen molar-refractivity contribution in [2.45, 2.75) is 24.8 Å². The van der Waals surface area contributed by atoms with Crippen LogP contribution in [0, 0.1) is 0 Å². The summed E-state index contributed by atoms with van der Waals surface area (Å²) in [6.45, 7) is 1.66. The van der Waals surface area contributed by atoms with Crippen LogP contribution in [0.4, 0.5) is 0 Å². The first-order valence-corrected chi connectivity index (χ1v) is 7.65. The zero-order valence-corrected chi connectivity index (χ0v) is 13.7. The molecule has 0 unspecified atom stereocenters. The number of carbonyl (C=O) groups excluding carboxylic acids is 2. The Hall–Kier alpha value is -1.59. The van der Waals surface area contributed by atoms with Crippen molar-refractivity contribution in [3.63, 3.8) is 0 Å². The number of hydrogen-bond donors (Lipinski definition) is 1. The molecule has 1 heterocycles. The Bertz CT molecular complexity index is 537. The third-order valence-electron chi connectivity index (χ3n) is 4.14. The Morgan fingerprint density at radius 3 is 2.41 bits per heavy atom. The predicted octanol–water partition coefficient (Wildman–Crippen LogP) is 2.10. The average molecular weight is 325 g/mol. The lowest BCUT2D eigenvalue weighted by Gasteiger charge is -2.40. The Morgan fingerprint density at radius 1 is 1.27 bits per heavy atom. The minimum Gasteiger partial charge on any atom is -0.469 e. The van der Waals surface area contributed by atoms with E-state index < -0.39 is 5.54 Å². The monoisotopic (exact) mass is 324 g/mol. The molecule has 2 rings (SSSR count). The number of ether oxygens (including phenoxy) is 1. The summed E-state index contributed by atoms with van der Waals surface area (Å²) in [5, 5.41) is 3.63. The summed E-state index contributed by atoms with van der Waals surface area (Å²) in [5.74, 6) is -0.494. The number of carbonyl (C=O) groups is 2. The summed E-state index contributed by atoms with van der Waals surface area (Å²) in [6, 6.07) is 6.72. The molecule has 1 amide bonds. The highest BCUT2D eigenvalue weighted by Gasteiger charge is 2.37. The van der Waals surface area contributed by atoms with Gasteiger partial charge < -0.3 is 15.0 Å². The Labute approximate surface area is 135 Å². The third kappa shape index (κ3) is 4.21. The molecule has 1 fully saturated rings. The second kappa shape index (κ2) is 7.11. The van der Waals surface area contributed by atoms with Crippen LogP contribution in [0.2, 0.25) is 5.02 Å². The molecule has 0 atom stereocenters. The zero-order valence-electron chi connectivity index (χ0n) is 12.9. The van der Waals surface area contributed by atoms with Gasteiger partial charge in [-0.2, -0.15) is 0 Å². The number of nitrogens with one attached hydrogen (secondary N) is 1. The molecule has 1 aliphatic rings. The lowest BCUT2D eigenvalue weighted by atomic mass is 9.84. The molecule has 1 N–H and O–H groups in total. The van der Waals surface area contributed by atoms with E-state index in [1.165, 1.54) is 7.11 Å². The third-order valence-corrected chi connectivity index (χ3v) is 4.39. The van der Waals surface area contributed by atoms with E-state index in [1.807, 2.05) is 7.05 Å². The largest absolute Gasteiger partial charge is 0.469 e. The van der Waals surface area contributed by atoms with Gasteiger partial charge in [0.15, 0.2) is 0 Å². The van der Waals surface area contributed by atoms with Crippen LogP contribution in [0.25, 0.3) is 0 Å². The topological polar surface area (TPSA) is 58.6 Å². The van der Waals surface area contributed by atoms with Crippen molar-refractivity contribution in [1.29, 1.82) is 0 Å². The van der Waals surface area contributed by atoms with Crippen LogP contribution in [0.3, 0.4) is 0 Å². The van der Waals surface area contributed by atoms with Crippen molar-refractivity contribution < 1.29 is 14.3 Å². The first kappa shape index (κ1) is 16.8. The van der Waals surface area contributed by atoms with Crippen molar-refractivity contribution >= 4 is 23.5 Å². The number of rotatable bonds is 4. The predicted molar refractivity (Wildman–Crippen MR) is 85.0 cm³/mol. The number of methoxy groups -OCH3 is 1. The molecule has 0 radical (unpaired) electrons. The summed E-state index contributed by atoms with van der Waals surface area (Å²) < 4.78 is 4.79. The van der Waals surface area contributed by atoms with Gasteiger partial charge in [0, 0.05) is 23.7 Å². The van der Waals surface area contributed by atoms with Crippen molar-refractivity contribution in [1.82, 2.24) is 10.2 Å². The number of halogens is 1. The highest BCUT2D eigenvalue weighted by molar-refractivity contribution is 6.30. The Balaban J connectivity index is 2.13. The van der Waals surface area contributed by atoms with Gasteiger partial charge in [-0.05, 0) is 44.2 Å². The van der Waals surface area contributed by atoms with Crippen LogP contribution in [-0.2, 0) is 9.53 Å². The molecule has 1 aliphatic heterocycles. The van der Waals surface area contributed by atoms with E-state index in [-0.39, 0.29) is 18.3 Å². The first-order valence-electron chi connectivity index (χ1n) is 7.27. The first-order chi connectivity index (χ1) is 10.4. The molecule has 0 spiro atoms. The van der Waals surface area contributed by atoms with Crippen LogP contribution in [0.1, 0.15) is 29.6 Å². The molecule has 0 aliphatic carbocycles. The van der Waals surface area contributed by atoms with E-state index in [0.717, 1.165) is 25.9 Å². The fourth-order valence-corrected chi connectivity index (χ4v) is 2.78. The van der Waals surface area contributed by atoms with Crippen LogP contribution < -0.4 is 5.32 Å². The van der Waals surface area contributed by atoms with Gasteiger partial charge in [-0.15, -0.1) is 0 Å². The summed E-state index contributed by atoms with van der Waals surface area (Å²) in [4.78, 5) is 26.4. The van der Waals surface area contributed by atoms with Gasteiger partial charge in [0.1, 0.15) is 0 Å². The quantitative estimate of drug-likeness (QED) is 0.862. The van der Waals surface area contributed by atoms with Gasteiger partial charge >= 0.3 is 5.97 Å². The van der Waals surface area contributed by atoms with E-state index in [9.17, 15) is 9.59 Å². The molecular formula is C16H21ClN2O3. The van der Waals surface area contributed by atoms with E-state index >= 15 is 0 Å². The maximum atomic E-state index is 12.5. The zero-order chi connectivity index (χ0) is 16.2. The van der Waals surface area contributed by atoms with Crippen LogP contribution in [-0.4, -0.2) is 49.6 Å². The molecular weight excluding hydrogens is 304 g/mol. The lowest BCUT2D eigenvalue weighted by molar-refractivity contribution is -0.142. The van der Waals surface area contributed by atoms with Crippen molar-refractivity contribution in [3.05, 3.63) is 34.9 Å². The molecule has 0 saturated carbocycles. The highest BCUT2D eigenvalue weighted by atomic mass is 35.5. The van der Waals surface area contributed by atoms with E-state index in [4.69, 9.17) is 16.3 Å². The lowest BCUT2D eigenvalue weighted by Crippen LogP contribution is -2.55. The van der Waals surface area contributed by atoms with Gasteiger partial charge in [0.2, 0.25) is 0 Å². The SMILES string of the molecule is COC(=O)CC1(NC(=O)c2ccc(Cl)cc2)CCN(C)CC1. The summed E-state index contributed by atoms with van der Waals surface area (Å²) in [5.41, 5.74) is -0.0105. The number of likely N-dealkylation sites (tertiary alicyclic amines) is 1. The van der Waals surface area contributed by atoms with Gasteiger partial charge in [-0.1, -0.05) is 11.6 Å². The van der Waals surface area contributed by atoms with Gasteiger partial charge in [-0.25, -0.2) is 0 Å². The summed E-state index contributed by atoms with van der Waals surface area (Å²) in [6.07, 6.45) is 1.63. The number of amides is 1. The van der Waals surface area contributed by atoms with E-state index in [0.29, 0.717) is 10.6 Å². The average Bonchev–Trinajstić information content (AvgIpc) is 2.51. The van der Waals surface area contributed by atoms with E-state index in [1.54, 1.807) is 24.3 Å². The van der Waals surface area contributed by atoms with Gasteiger partial charge in [-0.3, -0.25) is 9.59 Å². The Kier molecular flexibility index (Phi) is 5.42. The molecule has 0 bridgehead atoms. The number of nitrogens with zero attached hydrogens (tertiary/aromatic N) is 1. The van der Waals surface area contributed by atoms with Crippen LogP contribution in [0.5, 0.6) is 0 Å². The number of piperidine rings is 1. The molecule has 1 aromatic carbocycles. The summed E-state index contributed by atoms with van der Waals surface area (Å²) >= 11 is 5.84. The standard InChI is InChI=1S/C16H21ClN2O3/c1-19-9-7-16(8-10-19,11-14(20)22-2)18-15(21)12-3-5-13(17)6-4-12/h3-6H,7-11H2,1-2H3,(H,18,21). The number of benzene rings is 1. The molecule has 22 heavy (non-hydrogen) atoms. The smallest absolute Gasteiger partial charge is 0.307 e. The van der Waals surface area contributed by atoms with Crippen molar-refractivity contribution in [2.24, 2.45) is 0 Å². The van der Waals surface area contributed by atoms with Crippen LogP contribution in [0.15, 0.2) is 24.3 Å². The minimum absolute atomic E-state index is 0.190. The Morgan fingerprint density at radius 2 is 1.86 bits per heavy atom. The normalized spacial score (nSPS) is 17.8. The fraction of sp³-hybridized carbons (Fsp3) is 0.500. The van der Waals surface area contributed by atoms with E-state index in [2.05, 4.69) is 10.2 Å². The maximum Gasteiger partial charge on any atom is 0.307 e. The van der Waals surface area contributed by atoms with Crippen molar-refractivity contribution in [3.8, 4) is 0 Å². The second-order valence-electron chi connectivity index (χ2n) is 5.80. The molecule has 5 nitrogen and oxygen atoms in total. The second-order valence-corrected chi connectivity index (χ2v) is 6.23. The van der Waals surface area contributed by atoms with Gasteiger partial charge in [0.25, 0.3) is 5.91 Å².